The Morgan fingerprint density at radius 1 is 1.04 bits per heavy atom. The fourth-order valence-electron chi connectivity index (χ4n) is 5.14. The minimum atomic E-state index is -0.200. The van der Waals surface area contributed by atoms with E-state index >= 15 is 0 Å². The molecule has 0 spiro atoms. The van der Waals surface area contributed by atoms with Crippen LogP contribution in [-0.4, -0.2) is 55.0 Å². The van der Waals surface area contributed by atoms with Crippen molar-refractivity contribution in [3.8, 4) is 11.5 Å². The maximum Gasteiger partial charge on any atom is 0.228 e. The number of carbonyl (C=O) groups excluding carboxylic acids is 2. The highest BCUT2D eigenvalue weighted by Gasteiger charge is 2.42. The van der Waals surface area contributed by atoms with Crippen molar-refractivity contribution in [1.82, 2.24) is 9.80 Å². The lowest BCUT2D eigenvalue weighted by Gasteiger charge is -2.29. The molecule has 2 saturated heterocycles. The number of amides is 2. The molecule has 2 heterocycles. The van der Waals surface area contributed by atoms with Gasteiger partial charge in [0.2, 0.25) is 11.8 Å². The lowest BCUT2D eigenvalue weighted by Crippen LogP contribution is -2.38. The van der Waals surface area contributed by atoms with Crippen LogP contribution in [0.25, 0.3) is 0 Å². The molecule has 4 rings (SSSR count). The Hall–Kier alpha value is -2.24. The van der Waals surface area contributed by atoms with E-state index in [0.717, 1.165) is 37.8 Å². The number of likely N-dealkylation sites (tertiary alicyclic amines) is 2. The average Bonchev–Trinajstić information content (AvgIpc) is 3.46. The van der Waals surface area contributed by atoms with Crippen LogP contribution in [0.2, 0.25) is 0 Å². The zero-order valence-electron chi connectivity index (χ0n) is 16.9. The second-order valence-electron chi connectivity index (χ2n) is 8.19. The highest BCUT2D eigenvalue weighted by Crippen LogP contribution is 2.39. The number of hydrogen-bond donors (Lipinski definition) is 0. The number of methoxy groups -OCH3 is 2. The third-order valence-corrected chi connectivity index (χ3v) is 6.60. The molecule has 2 unspecified atom stereocenters. The summed E-state index contributed by atoms with van der Waals surface area (Å²) in [6.07, 6.45) is 6.85. The first-order chi connectivity index (χ1) is 13.6. The summed E-state index contributed by atoms with van der Waals surface area (Å²) in [6.45, 7) is 1.35. The third kappa shape index (κ3) is 3.45. The smallest absolute Gasteiger partial charge is 0.228 e. The number of nitrogens with zero attached hydrogens (tertiary/aromatic N) is 2. The van der Waals surface area contributed by atoms with E-state index in [0.29, 0.717) is 30.5 Å². The molecule has 3 aliphatic rings. The van der Waals surface area contributed by atoms with Gasteiger partial charge in [-0.3, -0.25) is 9.59 Å². The normalized spacial score (nSPS) is 25.6. The fraction of sp³-hybridized carbons (Fsp3) is 0.636. The predicted molar refractivity (Wildman–Crippen MR) is 105 cm³/mol. The monoisotopic (exact) mass is 386 g/mol. The van der Waals surface area contributed by atoms with Gasteiger partial charge in [0.1, 0.15) is 0 Å². The molecular formula is C22H30N2O4. The van der Waals surface area contributed by atoms with E-state index in [1.807, 2.05) is 28.0 Å². The first kappa shape index (κ1) is 19.1. The highest BCUT2D eigenvalue weighted by atomic mass is 16.5. The van der Waals surface area contributed by atoms with Crippen LogP contribution in [0.5, 0.6) is 11.5 Å². The summed E-state index contributed by atoms with van der Waals surface area (Å²) in [5, 5.41) is 0. The van der Waals surface area contributed by atoms with Crippen molar-refractivity contribution in [2.45, 2.75) is 57.0 Å². The van der Waals surface area contributed by atoms with Gasteiger partial charge in [0.25, 0.3) is 0 Å². The minimum Gasteiger partial charge on any atom is -0.493 e. The van der Waals surface area contributed by atoms with E-state index in [1.54, 1.807) is 14.2 Å². The summed E-state index contributed by atoms with van der Waals surface area (Å²) in [7, 11) is 3.25. The number of ether oxygens (including phenoxy) is 2. The van der Waals surface area contributed by atoms with Crippen molar-refractivity contribution in [3.63, 3.8) is 0 Å². The molecule has 6 heteroatoms. The number of carbonyl (C=O) groups is 2. The molecule has 1 aromatic carbocycles. The molecule has 3 fully saturated rings. The Balaban J connectivity index is 1.49. The second-order valence-corrected chi connectivity index (χ2v) is 8.19. The van der Waals surface area contributed by atoms with Crippen LogP contribution < -0.4 is 9.47 Å². The van der Waals surface area contributed by atoms with Gasteiger partial charge >= 0.3 is 0 Å². The molecule has 0 radical (unpaired) electrons. The van der Waals surface area contributed by atoms with Crippen molar-refractivity contribution in [1.29, 1.82) is 0 Å². The van der Waals surface area contributed by atoms with Gasteiger partial charge in [-0.25, -0.2) is 0 Å². The van der Waals surface area contributed by atoms with Crippen LogP contribution in [0.1, 0.15) is 56.6 Å². The molecule has 1 aromatic rings. The van der Waals surface area contributed by atoms with Gasteiger partial charge in [0.15, 0.2) is 11.5 Å². The summed E-state index contributed by atoms with van der Waals surface area (Å²) in [4.78, 5) is 29.8. The van der Waals surface area contributed by atoms with Crippen molar-refractivity contribution in [2.75, 3.05) is 27.3 Å². The Labute approximate surface area is 166 Å². The largest absolute Gasteiger partial charge is 0.493 e. The zero-order chi connectivity index (χ0) is 19.7. The van der Waals surface area contributed by atoms with Crippen molar-refractivity contribution in [2.24, 2.45) is 5.92 Å². The molecule has 1 saturated carbocycles. The summed E-state index contributed by atoms with van der Waals surface area (Å²) in [6, 6.07) is 6.28. The topological polar surface area (TPSA) is 59.1 Å². The maximum atomic E-state index is 13.3. The SMILES string of the molecule is COc1ccc(C2CCCN2C(=O)C2CC(=O)N(C3CCCC3)C2)cc1OC. The minimum absolute atomic E-state index is 0.0444. The molecule has 1 aliphatic carbocycles. The van der Waals surface area contributed by atoms with Crippen LogP contribution in [0.15, 0.2) is 18.2 Å². The van der Waals surface area contributed by atoms with Gasteiger partial charge in [-0.1, -0.05) is 18.9 Å². The van der Waals surface area contributed by atoms with E-state index < -0.39 is 0 Å². The lowest BCUT2D eigenvalue weighted by molar-refractivity contribution is -0.136. The maximum absolute atomic E-state index is 13.3. The first-order valence-corrected chi connectivity index (χ1v) is 10.4. The van der Waals surface area contributed by atoms with Crippen LogP contribution in [0.3, 0.4) is 0 Å². The van der Waals surface area contributed by atoms with E-state index in [9.17, 15) is 9.59 Å². The molecule has 152 valence electrons. The van der Waals surface area contributed by atoms with Crippen molar-refractivity contribution >= 4 is 11.8 Å². The predicted octanol–water partition coefficient (Wildman–Crippen LogP) is 3.16. The van der Waals surface area contributed by atoms with Crippen LogP contribution >= 0.6 is 0 Å². The Kier molecular flexibility index (Phi) is 5.47. The molecule has 28 heavy (non-hydrogen) atoms. The van der Waals surface area contributed by atoms with Crippen molar-refractivity contribution < 1.29 is 19.1 Å². The van der Waals surface area contributed by atoms with Crippen LogP contribution in [0, 0.1) is 5.92 Å². The summed E-state index contributed by atoms with van der Waals surface area (Å²) in [5.41, 5.74) is 1.07. The summed E-state index contributed by atoms with van der Waals surface area (Å²) < 4.78 is 10.8. The number of benzene rings is 1. The fourth-order valence-corrected chi connectivity index (χ4v) is 5.14. The third-order valence-electron chi connectivity index (χ3n) is 6.60. The van der Waals surface area contributed by atoms with Gasteiger partial charge in [0, 0.05) is 25.6 Å². The molecule has 2 amide bonds. The lowest BCUT2D eigenvalue weighted by atomic mass is 10.0. The number of rotatable bonds is 5. The van der Waals surface area contributed by atoms with E-state index in [-0.39, 0.29) is 23.8 Å². The van der Waals surface area contributed by atoms with Crippen LogP contribution in [-0.2, 0) is 9.59 Å². The molecule has 6 nitrogen and oxygen atoms in total. The van der Waals surface area contributed by atoms with Gasteiger partial charge in [-0.2, -0.15) is 0 Å². The molecule has 0 N–H and O–H groups in total. The Morgan fingerprint density at radius 3 is 2.50 bits per heavy atom. The standard InChI is InChI=1S/C22H30N2O4/c1-27-19-10-9-15(12-20(19)28-2)18-8-5-11-23(18)22(26)16-13-21(25)24(14-16)17-6-3-4-7-17/h9-10,12,16-18H,3-8,11,13-14H2,1-2H3. The molecule has 0 bridgehead atoms. The zero-order valence-corrected chi connectivity index (χ0v) is 16.9. The second kappa shape index (κ2) is 8.02. The molecular weight excluding hydrogens is 356 g/mol. The quantitative estimate of drug-likeness (QED) is 0.780. The molecule has 2 atom stereocenters. The number of hydrogen-bond acceptors (Lipinski definition) is 4. The van der Waals surface area contributed by atoms with Crippen molar-refractivity contribution in [3.05, 3.63) is 23.8 Å². The average molecular weight is 386 g/mol. The Morgan fingerprint density at radius 2 is 1.79 bits per heavy atom. The Bertz CT molecular complexity index is 744. The molecule has 2 aliphatic heterocycles. The van der Waals surface area contributed by atoms with Gasteiger partial charge < -0.3 is 19.3 Å². The van der Waals surface area contributed by atoms with Crippen LogP contribution in [0.4, 0.5) is 0 Å². The van der Waals surface area contributed by atoms with Gasteiger partial charge in [-0.15, -0.1) is 0 Å². The van der Waals surface area contributed by atoms with E-state index in [2.05, 4.69) is 0 Å². The first-order valence-electron chi connectivity index (χ1n) is 10.4. The van der Waals surface area contributed by atoms with Gasteiger partial charge in [-0.05, 0) is 43.4 Å². The van der Waals surface area contributed by atoms with E-state index in [1.165, 1.54) is 12.8 Å². The summed E-state index contributed by atoms with van der Waals surface area (Å²) in [5.74, 6) is 1.46. The summed E-state index contributed by atoms with van der Waals surface area (Å²) >= 11 is 0. The van der Waals surface area contributed by atoms with Gasteiger partial charge in [0.05, 0.1) is 26.2 Å². The van der Waals surface area contributed by atoms with E-state index in [4.69, 9.17) is 9.47 Å². The molecule has 0 aromatic heterocycles. The highest BCUT2D eigenvalue weighted by molar-refractivity contribution is 5.89.